The van der Waals surface area contributed by atoms with E-state index >= 15 is 0 Å². The third-order valence-electron chi connectivity index (χ3n) is 4.63. The fourth-order valence-corrected chi connectivity index (χ4v) is 3.03. The summed E-state index contributed by atoms with van der Waals surface area (Å²) in [6.07, 6.45) is 5.47. The summed E-state index contributed by atoms with van der Waals surface area (Å²) in [6, 6.07) is 18.7. The van der Waals surface area contributed by atoms with Gasteiger partial charge in [0, 0.05) is 18.0 Å². The van der Waals surface area contributed by atoms with Crippen LogP contribution in [0.2, 0.25) is 0 Å². The highest BCUT2D eigenvalue weighted by atomic mass is 16.5. The molecule has 3 aromatic rings. The van der Waals surface area contributed by atoms with Gasteiger partial charge < -0.3 is 14.8 Å². The summed E-state index contributed by atoms with van der Waals surface area (Å²) in [4.78, 5) is 17.1. The minimum atomic E-state index is -0.279. The number of carbonyl (C=O) groups is 1. The van der Waals surface area contributed by atoms with Gasteiger partial charge in [-0.1, -0.05) is 43.7 Å². The van der Waals surface area contributed by atoms with Crippen molar-refractivity contribution in [3.8, 4) is 11.5 Å². The molecule has 0 radical (unpaired) electrons. The molecule has 0 aliphatic carbocycles. The number of aromatic nitrogens is 1. The van der Waals surface area contributed by atoms with Gasteiger partial charge >= 0.3 is 0 Å². The number of pyridine rings is 1. The van der Waals surface area contributed by atoms with Crippen molar-refractivity contribution >= 4 is 5.91 Å². The zero-order valence-electron chi connectivity index (χ0n) is 16.8. The van der Waals surface area contributed by atoms with Gasteiger partial charge in [-0.25, -0.2) is 0 Å². The van der Waals surface area contributed by atoms with Crippen LogP contribution in [0.4, 0.5) is 0 Å². The molecule has 2 aromatic carbocycles. The van der Waals surface area contributed by atoms with Gasteiger partial charge in [0.15, 0.2) is 11.5 Å². The first-order chi connectivity index (χ1) is 14.2. The van der Waals surface area contributed by atoms with Crippen molar-refractivity contribution in [2.45, 2.75) is 25.8 Å². The molecule has 0 saturated heterocycles. The third kappa shape index (κ3) is 5.35. The first-order valence-corrected chi connectivity index (χ1v) is 9.79. The average molecular weight is 390 g/mol. The Balaban J connectivity index is 1.82. The van der Waals surface area contributed by atoms with Crippen LogP contribution in [0, 0.1) is 0 Å². The van der Waals surface area contributed by atoms with Crippen LogP contribution in [0.3, 0.4) is 0 Å². The minimum Gasteiger partial charge on any atom is -0.493 e. The summed E-state index contributed by atoms with van der Waals surface area (Å²) in [7, 11) is 1.58. The fraction of sp³-hybridized carbons (Fsp3) is 0.250. The Hall–Kier alpha value is -3.34. The normalized spacial score (nSPS) is 11.5. The molecule has 0 aliphatic heterocycles. The Morgan fingerprint density at radius 1 is 1.00 bits per heavy atom. The Morgan fingerprint density at radius 3 is 2.41 bits per heavy atom. The molecule has 29 heavy (non-hydrogen) atoms. The molecule has 5 heteroatoms. The Morgan fingerprint density at radius 2 is 1.72 bits per heavy atom. The maximum atomic E-state index is 13.0. The van der Waals surface area contributed by atoms with E-state index in [9.17, 15) is 4.79 Å². The predicted molar refractivity (Wildman–Crippen MR) is 113 cm³/mol. The van der Waals surface area contributed by atoms with Crippen LogP contribution < -0.4 is 14.8 Å². The van der Waals surface area contributed by atoms with Crippen LogP contribution in [-0.4, -0.2) is 24.6 Å². The van der Waals surface area contributed by atoms with Gasteiger partial charge in [0.25, 0.3) is 5.91 Å². The molecular formula is C24H26N2O3. The van der Waals surface area contributed by atoms with Crippen molar-refractivity contribution in [1.82, 2.24) is 10.3 Å². The first-order valence-electron chi connectivity index (χ1n) is 9.79. The standard InChI is InChI=1S/C24H26N2O3/c1-3-4-16-29-21-11-10-20(17-22(21)28-2)24(27)26-23(18-8-6-5-7-9-18)19-12-14-25-15-13-19/h5-15,17,23H,3-4,16H2,1-2H3,(H,26,27). The predicted octanol–water partition coefficient (Wildman–Crippen LogP) is 4.79. The molecule has 1 atom stereocenters. The fourth-order valence-electron chi connectivity index (χ4n) is 3.03. The second kappa shape index (κ2) is 10.3. The van der Waals surface area contributed by atoms with E-state index in [1.165, 1.54) is 0 Å². The van der Waals surface area contributed by atoms with Crippen molar-refractivity contribution in [1.29, 1.82) is 0 Å². The molecule has 5 nitrogen and oxygen atoms in total. The topological polar surface area (TPSA) is 60.5 Å². The second-order valence-electron chi connectivity index (χ2n) is 6.67. The lowest BCUT2D eigenvalue weighted by molar-refractivity contribution is 0.0942. The van der Waals surface area contributed by atoms with Gasteiger partial charge in [-0.3, -0.25) is 9.78 Å². The van der Waals surface area contributed by atoms with E-state index in [0.717, 1.165) is 24.0 Å². The van der Waals surface area contributed by atoms with Crippen molar-refractivity contribution in [2.75, 3.05) is 13.7 Å². The molecule has 1 heterocycles. The Bertz CT molecular complexity index is 874. The summed E-state index contributed by atoms with van der Waals surface area (Å²) in [5.41, 5.74) is 2.48. The number of nitrogens with one attached hydrogen (secondary N) is 1. The van der Waals surface area contributed by atoms with E-state index in [2.05, 4.69) is 17.2 Å². The van der Waals surface area contributed by atoms with Crippen LogP contribution in [0.5, 0.6) is 11.5 Å². The number of hydrogen-bond acceptors (Lipinski definition) is 4. The zero-order valence-corrected chi connectivity index (χ0v) is 16.8. The average Bonchev–Trinajstić information content (AvgIpc) is 2.78. The van der Waals surface area contributed by atoms with E-state index in [-0.39, 0.29) is 11.9 Å². The number of nitrogens with zero attached hydrogens (tertiary/aromatic N) is 1. The number of benzene rings is 2. The lowest BCUT2D eigenvalue weighted by atomic mass is 9.99. The highest BCUT2D eigenvalue weighted by Gasteiger charge is 2.19. The second-order valence-corrected chi connectivity index (χ2v) is 6.67. The zero-order chi connectivity index (χ0) is 20.5. The smallest absolute Gasteiger partial charge is 0.252 e. The van der Waals surface area contributed by atoms with Crippen LogP contribution in [0.25, 0.3) is 0 Å². The molecule has 1 N–H and O–H groups in total. The van der Waals surface area contributed by atoms with Gasteiger partial charge in [-0.2, -0.15) is 0 Å². The molecule has 0 bridgehead atoms. The van der Waals surface area contributed by atoms with Gasteiger partial charge in [0.05, 0.1) is 19.8 Å². The number of rotatable bonds is 9. The molecular weight excluding hydrogens is 364 g/mol. The van der Waals surface area contributed by atoms with Crippen LogP contribution >= 0.6 is 0 Å². The summed E-state index contributed by atoms with van der Waals surface area (Å²) >= 11 is 0. The number of carbonyl (C=O) groups excluding carboxylic acids is 1. The highest BCUT2D eigenvalue weighted by molar-refractivity contribution is 5.95. The summed E-state index contributed by atoms with van der Waals surface area (Å²) < 4.78 is 11.2. The molecule has 1 amide bonds. The SMILES string of the molecule is CCCCOc1ccc(C(=O)NC(c2ccccc2)c2ccncc2)cc1OC. The Labute approximate surface area is 171 Å². The number of unbranched alkanes of at least 4 members (excludes halogenated alkanes) is 1. The first kappa shape index (κ1) is 20.4. The molecule has 3 rings (SSSR count). The van der Waals surface area contributed by atoms with E-state index in [4.69, 9.17) is 9.47 Å². The molecule has 0 saturated carbocycles. The van der Waals surface area contributed by atoms with E-state index in [1.807, 2.05) is 42.5 Å². The van der Waals surface area contributed by atoms with E-state index in [0.29, 0.717) is 23.7 Å². The minimum absolute atomic E-state index is 0.186. The van der Waals surface area contributed by atoms with Crippen LogP contribution in [0.15, 0.2) is 73.1 Å². The quantitative estimate of drug-likeness (QED) is 0.534. The molecule has 0 aliphatic rings. The Kier molecular flexibility index (Phi) is 7.22. The number of hydrogen-bond donors (Lipinski definition) is 1. The monoisotopic (exact) mass is 390 g/mol. The van der Waals surface area contributed by atoms with Gasteiger partial charge in [0.1, 0.15) is 0 Å². The molecule has 1 unspecified atom stereocenters. The molecule has 1 aromatic heterocycles. The largest absolute Gasteiger partial charge is 0.493 e. The van der Waals surface area contributed by atoms with Crippen LogP contribution in [0.1, 0.15) is 47.3 Å². The van der Waals surface area contributed by atoms with Gasteiger partial charge in [-0.15, -0.1) is 0 Å². The number of amides is 1. The van der Waals surface area contributed by atoms with Crippen molar-refractivity contribution < 1.29 is 14.3 Å². The van der Waals surface area contributed by atoms with E-state index < -0.39 is 0 Å². The van der Waals surface area contributed by atoms with E-state index in [1.54, 1.807) is 37.7 Å². The van der Waals surface area contributed by atoms with Crippen molar-refractivity contribution in [3.05, 3.63) is 89.7 Å². The third-order valence-corrected chi connectivity index (χ3v) is 4.63. The summed E-state index contributed by atoms with van der Waals surface area (Å²) in [5, 5.41) is 3.13. The van der Waals surface area contributed by atoms with Gasteiger partial charge in [-0.05, 0) is 47.9 Å². The lowest BCUT2D eigenvalue weighted by Gasteiger charge is -2.20. The number of ether oxygens (including phenoxy) is 2. The summed E-state index contributed by atoms with van der Waals surface area (Å²) in [5.74, 6) is 1.01. The highest BCUT2D eigenvalue weighted by Crippen LogP contribution is 2.29. The van der Waals surface area contributed by atoms with Crippen LogP contribution in [-0.2, 0) is 0 Å². The number of methoxy groups -OCH3 is 1. The molecule has 0 fully saturated rings. The lowest BCUT2D eigenvalue weighted by Crippen LogP contribution is -2.29. The molecule has 0 spiro atoms. The maximum absolute atomic E-state index is 13.0. The van der Waals surface area contributed by atoms with Crippen molar-refractivity contribution in [3.63, 3.8) is 0 Å². The molecule has 150 valence electrons. The maximum Gasteiger partial charge on any atom is 0.252 e. The van der Waals surface area contributed by atoms with Crippen molar-refractivity contribution in [2.24, 2.45) is 0 Å². The van der Waals surface area contributed by atoms with Gasteiger partial charge in [0.2, 0.25) is 0 Å². The summed E-state index contributed by atoms with van der Waals surface area (Å²) in [6.45, 7) is 2.73.